The van der Waals surface area contributed by atoms with Gasteiger partial charge in [0.05, 0.1) is 0 Å². The van der Waals surface area contributed by atoms with Crippen LogP contribution in [0.5, 0.6) is 5.75 Å². The number of amides is 2. The van der Waals surface area contributed by atoms with E-state index in [2.05, 4.69) is 17.6 Å². The lowest BCUT2D eigenvalue weighted by Gasteiger charge is -2.17. The summed E-state index contributed by atoms with van der Waals surface area (Å²) in [5, 5.41) is 5.69. The number of rotatable bonds is 8. The first-order valence-electron chi connectivity index (χ1n) is 9.33. The molecule has 0 heterocycles. The molecule has 5 nitrogen and oxygen atoms in total. The van der Waals surface area contributed by atoms with Crippen molar-refractivity contribution in [1.82, 2.24) is 5.32 Å². The van der Waals surface area contributed by atoms with Crippen LogP contribution in [-0.2, 0) is 4.79 Å². The average molecular weight is 368 g/mol. The maximum Gasteiger partial charge on any atom is 0.265 e. The molecule has 0 radical (unpaired) electrons. The molecular weight excluding hydrogens is 340 g/mol. The molecule has 0 saturated heterocycles. The van der Waals surface area contributed by atoms with E-state index in [1.807, 2.05) is 32.0 Å². The van der Waals surface area contributed by atoms with Gasteiger partial charge in [0.2, 0.25) is 0 Å². The minimum Gasteiger partial charge on any atom is -0.481 e. The summed E-state index contributed by atoms with van der Waals surface area (Å²) >= 11 is 0. The Morgan fingerprint density at radius 2 is 1.89 bits per heavy atom. The summed E-state index contributed by atoms with van der Waals surface area (Å²) < 4.78 is 5.81. The number of anilines is 1. The second-order valence-corrected chi connectivity index (χ2v) is 6.71. The zero-order valence-corrected chi connectivity index (χ0v) is 16.5. The fraction of sp³-hybridized carbons (Fsp3) is 0.364. The van der Waals surface area contributed by atoms with Gasteiger partial charge in [0.1, 0.15) is 5.75 Å². The maximum absolute atomic E-state index is 12.5. The molecule has 0 bridgehead atoms. The van der Waals surface area contributed by atoms with Crippen LogP contribution in [0.1, 0.15) is 48.2 Å². The van der Waals surface area contributed by atoms with Crippen LogP contribution >= 0.6 is 0 Å². The molecule has 0 aliphatic heterocycles. The molecule has 2 aromatic rings. The number of carbonyl (C=O) groups is 2. The van der Waals surface area contributed by atoms with Crippen molar-refractivity contribution in [2.75, 3.05) is 11.9 Å². The Balaban J connectivity index is 1.99. The van der Waals surface area contributed by atoms with E-state index in [1.165, 1.54) is 0 Å². The lowest BCUT2D eigenvalue weighted by atomic mass is 10.1. The molecule has 5 heteroatoms. The van der Waals surface area contributed by atoms with E-state index >= 15 is 0 Å². The summed E-state index contributed by atoms with van der Waals surface area (Å²) in [5.74, 6) is 0.292. The number of carbonyl (C=O) groups excluding carboxylic acids is 2. The van der Waals surface area contributed by atoms with Crippen molar-refractivity contribution in [2.45, 2.75) is 46.6 Å². The van der Waals surface area contributed by atoms with Gasteiger partial charge in [-0.05, 0) is 62.6 Å². The summed E-state index contributed by atoms with van der Waals surface area (Å²) in [7, 11) is 0. The smallest absolute Gasteiger partial charge is 0.265 e. The first kappa shape index (κ1) is 20.5. The lowest BCUT2D eigenvalue weighted by Crippen LogP contribution is -2.30. The number of benzene rings is 2. The Morgan fingerprint density at radius 1 is 1.11 bits per heavy atom. The van der Waals surface area contributed by atoms with Crippen LogP contribution < -0.4 is 15.4 Å². The van der Waals surface area contributed by atoms with Gasteiger partial charge in [-0.1, -0.05) is 31.5 Å². The van der Waals surface area contributed by atoms with Crippen LogP contribution in [0.3, 0.4) is 0 Å². The Morgan fingerprint density at radius 3 is 2.63 bits per heavy atom. The summed E-state index contributed by atoms with van der Waals surface area (Å²) in [6.07, 6.45) is 1.30. The van der Waals surface area contributed by atoms with Crippen LogP contribution in [0.4, 0.5) is 5.69 Å². The monoisotopic (exact) mass is 368 g/mol. The second-order valence-electron chi connectivity index (χ2n) is 6.71. The van der Waals surface area contributed by atoms with Crippen molar-refractivity contribution in [2.24, 2.45) is 0 Å². The number of hydrogen-bond acceptors (Lipinski definition) is 3. The number of unbranched alkanes of at least 4 members (excludes halogenated alkanes) is 1. The second kappa shape index (κ2) is 9.76. The summed E-state index contributed by atoms with van der Waals surface area (Å²) in [6, 6.07) is 12.8. The number of ether oxygens (including phenoxy) is 1. The van der Waals surface area contributed by atoms with Crippen LogP contribution in [0.15, 0.2) is 42.5 Å². The number of nitrogens with one attached hydrogen (secondary N) is 2. The van der Waals surface area contributed by atoms with Crippen LogP contribution in [0.2, 0.25) is 0 Å². The largest absolute Gasteiger partial charge is 0.481 e. The van der Waals surface area contributed by atoms with Gasteiger partial charge in [-0.2, -0.15) is 0 Å². The molecule has 2 N–H and O–H groups in total. The molecule has 2 amide bonds. The number of hydrogen-bond donors (Lipinski definition) is 2. The fourth-order valence-electron chi connectivity index (χ4n) is 2.54. The zero-order chi connectivity index (χ0) is 19.8. The van der Waals surface area contributed by atoms with Gasteiger partial charge in [-0.25, -0.2) is 0 Å². The Labute approximate surface area is 161 Å². The molecular formula is C22H28N2O3. The van der Waals surface area contributed by atoms with E-state index in [1.54, 1.807) is 31.2 Å². The highest BCUT2D eigenvalue weighted by atomic mass is 16.5. The average Bonchev–Trinajstić information content (AvgIpc) is 2.65. The van der Waals surface area contributed by atoms with Gasteiger partial charge < -0.3 is 15.4 Å². The topological polar surface area (TPSA) is 67.4 Å². The van der Waals surface area contributed by atoms with Crippen molar-refractivity contribution in [3.8, 4) is 5.75 Å². The molecule has 0 aliphatic carbocycles. The minimum absolute atomic E-state index is 0.140. The molecule has 27 heavy (non-hydrogen) atoms. The van der Waals surface area contributed by atoms with Gasteiger partial charge in [-0.3, -0.25) is 9.59 Å². The molecule has 0 fully saturated rings. The zero-order valence-electron chi connectivity index (χ0n) is 16.5. The summed E-state index contributed by atoms with van der Waals surface area (Å²) in [6.45, 7) is 8.35. The van der Waals surface area contributed by atoms with Gasteiger partial charge in [0, 0.05) is 17.8 Å². The predicted molar refractivity (Wildman–Crippen MR) is 108 cm³/mol. The van der Waals surface area contributed by atoms with E-state index in [4.69, 9.17) is 4.74 Å². The van der Waals surface area contributed by atoms with E-state index in [0.717, 1.165) is 24.0 Å². The first-order valence-corrected chi connectivity index (χ1v) is 9.33. The standard InChI is InChI=1S/C22H28N2O3/c1-5-6-12-23-22(26)18-8-7-9-19(14-18)24-21(25)17(4)27-20-13-15(2)10-11-16(20)3/h7-11,13-14,17H,5-6,12H2,1-4H3,(H,23,26)(H,24,25). The molecule has 1 unspecified atom stereocenters. The highest BCUT2D eigenvalue weighted by Crippen LogP contribution is 2.21. The van der Waals surface area contributed by atoms with Gasteiger partial charge in [-0.15, -0.1) is 0 Å². The molecule has 0 spiro atoms. The SMILES string of the molecule is CCCCNC(=O)c1cccc(NC(=O)C(C)Oc2cc(C)ccc2C)c1. The predicted octanol–water partition coefficient (Wildman–Crippen LogP) is 4.24. The highest BCUT2D eigenvalue weighted by Gasteiger charge is 2.16. The van der Waals surface area contributed by atoms with Crippen molar-refractivity contribution in [1.29, 1.82) is 0 Å². The van der Waals surface area contributed by atoms with Crippen LogP contribution in [0.25, 0.3) is 0 Å². The Hall–Kier alpha value is -2.82. The fourth-order valence-corrected chi connectivity index (χ4v) is 2.54. The molecule has 1 atom stereocenters. The van der Waals surface area contributed by atoms with Crippen LogP contribution in [0, 0.1) is 13.8 Å². The Kier molecular flexibility index (Phi) is 7.41. The van der Waals surface area contributed by atoms with Crippen molar-refractivity contribution in [3.05, 3.63) is 59.2 Å². The lowest BCUT2D eigenvalue weighted by molar-refractivity contribution is -0.122. The van der Waals surface area contributed by atoms with Gasteiger partial charge in [0.15, 0.2) is 6.10 Å². The quantitative estimate of drug-likeness (QED) is 0.685. The van der Waals surface area contributed by atoms with E-state index in [-0.39, 0.29) is 11.8 Å². The highest BCUT2D eigenvalue weighted by molar-refractivity contribution is 5.98. The third-order valence-corrected chi connectivity index (χ3v) is 4.22. The minimum atomic E-state index is -0.660. The normalized spacial score (nSPS) is 11.6. The van der Waals surface area contributed by atoms with Gasteiger partial charge >= 0.3 is 0 Å². The van der Waals surface area contributed by atoms with E-state index < -0.39 is 6.10 Å². The molecule has 0 saturated carbocycles. The third kappa shape index (κ3) is 6.13. The van der Waals surface area contributed by atoms with E-state index in [0.29, 0.717) is 23.5 Å². The van der Waals surface area contributed by atoms with Crippen molar-refractivity contribution >= 4 is 17.5 Å². The molecule has 2 rings (SSSR count). The van der Waals surface area contributed by atoms with E-state index in [9.17, 15) is 9.59 Å². The Bertz CT molecular complexity index is 802. The molecule has 0 aliphatic rings. The van der Waals surface area contributed by atoms with Gasteiger partial charge in [0.25, 0.3) is 11.8 Å². The third-order valence-electron chi connectivity index (χ3n) is 4.22. The first-order chi connectivity index (χ1) is 12.9. The molecule has 2 aromatic carbocycles. The number of aryl methyl sites for hydroxylation is 2. The maximum atomic E-state index is 12.5. The molecule has 144 valence electrons. The van der Waals surface area contributed by atoms with Crippen molar-refractivity contribution < 1.29 is 14.3 Å². The summed E-state index contributed by atoms with van der Waals surface area (Å²) in [5.41, 5.74) is 3.14. The molecule has 0 aromatic heterocycles. The van der Waals surface area contributed by atoms with Crippen LogP contribution in [-0.4, -0.2) is 24.5 Å². The summed E-state index contributed by atoms with van der Waals surface area (Å²) in [4.78, 5) is 24.6. The van der Waals surface area contributed by atoms with Crippen molar-refractivity contribution in [3.63, 3.8) is 0 Å².